The van der Waals surface area contributed by atoms with Crippen LogP contribution in [-0.4, -0.2) is 22.1 Å². The van der Waals surface area contributed by atoms with Crippen LogP contribution in [0.15, 0.2) is 12.7 Å². The molecular formula is C12H21NO3. The molecular weight excluding hydrogens is 206 g/mol. The normalized spacial score (nSPS) is 23.8. The van der Waals surface area contributed by atoms with Crippen molar-refractivity contribution in [2.24, 2.45) is 0 Å². The van der Waals surface area contributed by atoms with Crippen molar-refractivity contribution in [2.75, 3.05) is 0 Å². The van der Waals surface area contributed by atoms with E-state index in [4.69, 9.17) is 4.99 Å². The van der Waals surface area contributed by atoms with Crippen molar-refractivity contribution in [1.29, 1.82) is 0 Å². The predicted molar refractivity (Wildman–Crippen MR) is 61.2 cm³/mol. The van der Waals surface area contributed by atoms with Crippen LogP contribution < -0.4 is 0 Å². The van der Waals surface area contributed by atoms with Gasteiger partial charge in [0.25, 0.3) is 0 Å². The molecule has 0 aromatic rings. The first-order valence-electron chi connectivity index (χ1n) is 5.61. The third-order valence-electron chi connectivity index (χ3n) is 3.04. The van der Waals surface area contributed by atoms with E-state index in [1.807, 2.05) is 0 Å². The van der Waals surface area contributed by atoms with Crippen molar-refractivity contribution < 1.29 is 14.7 Å². The summed E-state index contributed by atoms with van der Waals surface area (Å²) >= 11 is 0. The van der Waals surface area contributed by atoms with Gasteiger partial charge in [0.2, 0.25) is 0 Å². The highest BCUT2D eigenvalue weighted by Crippen LogP contribution is 2.38. The van der Waals surface area contributed by atoms with Crippen molar-refractivity contribution in [2.45, 2.75) is 58.0 Å². The molecule has 0 saturated carbocycles. The minimum absolute atomic E-state index is 0.136. The summed E-state index contributed by atoms with van der Waals surface area (Å²) in [6.07, 6.45) is 4.27. The second-order valence-electron chi connectivity index (χ2n) is 5.45. The van der Waals surface area contributed by atoms with Crippen LogP contribution in [0.5, 0.6) is 0 Å². The second-order valence-corrected chi connectivity index (χ2v) is 5.45. The quantitative estimate of drug-likeness (QED) is 0.422. The van der Waals surface area contributed by atoms with Crippen molar-refractivity contribution in [1.82, 2.24) is 5.06 Å². The summed E-state index contributed by atoms with van der Waals surface area (Å²) < 4.78 is 0. The average Bonchev–Trinajstić information content (AvgIpc) is 2.14. The van der Waals surface area contributed by atoms with Gasteiger partial charge in [0.1, 0.15) is 0 Å². The Kier molecular flexibility index (Phi) is 3.76. The van der Waals surface area contributed by atoms with E-state index < -0.39 is 5.97 Å². The Hall–Kier alpha value is -0.870. The van der Waals surface area contributed by atoms with Crippen molar-refractivity contribution in [3.8, 4) is 0 Å². The molecule has 0 N–H and O–H groups in total. The maximum absolute atomic E-state index is 11.0. The maximum atomic E-state index is 11.0. The Bertz CT molecular complexity index is 268. The molecule has 4 heteroatoms. The Morgan fingerprint density at radius 3 is 2.19 bits per heavy atom. The van der Waals surface area contributed by atoms with Gasteiger partial charge in [-0.25, -0.2) is 4.79 Å². The van der Waals surface area contributed by atoms with E-state index in [0.717, 1.165) is 25.3 Å². The minimum atomic E-state index is -0.572. The highest BCUT2D eigenvalue weighted by molar-refractivity contribution is 5.80. The van der Waals surface area contributed by atoms with E-state index in [-0.39, 0.29) is 11.1 Å². The molecule has 1 rings (SSSR count). The van der Waals surface area contributed by atoms with Gasteiger partial charge in [-0.1, -0.05) is 11.6 Å². The van der Waals surface area contributed by atoms with Crippen LogP contribution in [0.4, 0.5) is 0 Å². The topological polar surface area (TPSA) is 38.8 Å². The van der Waals surface area contributed by atoms with E-state index in [1.165, 1.54) is 0 Å². The van der Waals surface area contributed by atoms with E-state index in [2.05, 4.69) is 39.2 Å². The Labute approximate surface area is 97.1 Å². The monoisotopic (exact) mass is 227 g/mol. The fourth-order valence-corrected chi connectivity index (χ4v) is 2.29. The number of piperidine rings is 1. The fourth-order valence-electron chi connectivity index (χ4n) is 2.29. The minimum Gasteiger partial charge on any atom is -0.275 e. The van der Waals surface area contributed by atoms with Crippen molar-refractivity contribution >= 4 is 5.97 Å². The molecule has 1 aliphatic heterocycles. The number of carbonyl (C=O) groups is 1. The van der Waals surface area contributed by atoms with Crippen molar-refractivity contribution in [3.05, 3.63) is 12.7 Å². The molecule has 0 atom stereocenters. The summed E-state index contributed by atoms with van der Waals surface area (Å²) in [6.45, 7) is 11.6. The second kappa shape index (κ2) is 4.55. The van der Waals surface area contributed by atoms with Crippen LogP contribution in [0.2, 0.25) is 0 Å². The number of rotatable bonds is 3. The molecule has 92 valence electrons. The lowest BCUT2D eigenvalue weighted by Crippen LogP contribution is -2.58. The van der Waals surface area contributed by atoms with Crippen LogP contribution in [0.3, 0.4) is 0 Å². The zero-order valence-electron chi connectivity index (χ0n) is 10.6. The third kappa shape index (κ3) is 2.83. The van der Waals surface area contributed by atoms with Gasteiger partial charge in [-0.2, -0.15) is 0 Å². The molecule has 0 unspecified atom stereocenters. The van der Waals surface area contributed by atoms with Crippen LogP contribution in [-0.2, 0) is 14.7 Å². The zero-order valence-corrected chi connectivity index (χ0v) is 10.6. The Balaban J connectivity index is 2.71. The zero-order chi connectivity index (χ0) is 12.4. The number of hydrogen-bond acceptors (Lipinski definition) is 4. The molecule has 1 saturated heterocycles. The molecule has 0 aromatic carbocycles. The summed E-state index contributed by atoms with van der Waals surface area (Å²) in [5.74, 6) is -0.572. The van der Waals surface area contributed by atoms with Gasteiger partial charge in [-0.15, -0.1) is 5.06 Å². The van der Waals surface area contributed by atoms with Crippen LogP contribution >= 0.6 is 0 Å². The molecule has 0 aliphatic carbocycles. The molecule has 0 bridgehead atoms. The summed E-state index contributed by atoms with van der Waals surface area (Å²) in [4.78, 5) is 20.8. The lowest BCUT2D eigenvalue weighted by Gasteiger charge is -2.49. The maximum Gasteiger partial charge on any atom is 0.367 e. The largest absolute Gasteiger partial charge is 0.367 e. The molecule has 0 amide bonds. The van der Waals surface area contributed by atoms with Gasteiger partial charge in [0.05, 0.1) is 0 Å². The first-order valence-corrected chi connectivity index (χ1v) is 5.61. The highest BCUT2D eigenvalue weighted by Gasteiger charge is 2.44. The van der Waals surface area contributed by atoms with Gasteiger partial charge < -0.3 is 0 Å². The number of carbonyl (C=O) groups excluding carboxylic acids is 1. The predicted octanol–water partition coefficient (Wildman–Crippen LogP) is 2.61. The molecule has 0 aromatic heterocycles. The van der Waals surface area contributed by atoms with Gasteiger partial charge in [0, 0.05) is 17.2 Å². The number of hydrogen-bond donors (Lipinski definition) is 0. The smallest absolute Gasteiger partial charge is 0.275 e. The Morgan fingerprint density at radius 1 is 1.25 bits per heavy atom. The molecule has 4 nitrogen and oxygen atoms in total. The molecule has 1 heterocycles. The summed E-state index contributed by atoms with van der Waals surface area (Å²) in [5.41, 5.74) is -0.271. The van der Waals surface area contributed by atoms with E-state index >= 15 is 0 Å². The molecule has 0 spiro atoms. The molecule has 0 radical (unpaired) electrons. The van der Waals surface area contributed by atoms with Crippen LogP contribution in [0.1, 0.15) is 47.0 Å². The van der Waals surface area contributed by atoms with Gasteiger partial charge in [0.15, 0.2) is 0 Å². The number of nitrogens with zero attached hydrogens (tertiary/aromatic N) is 1. The summed E-state index contributed by atoms with van der Waals surface area (Å²) in [7, 11) is 0. The summed E-state index contributed by atoms with van der Waals surface area (Å²) in [5, 5.41) is 1.77. The van der Waals surface area contributed by atoms with Crippen LogP contribution in [0, 0.1) is 0 Å². The standard InChI is InChI=1S/C12H21NO3/c1-6-10(14)15-16-13-11(2,3)8-7-9-12(13,4)5/h6H,1,7-9H2,2-5H3. The average molecular weight is 227 g/mol. The van der Waals surface area contributed by atoms with Crippen LogP contribution in [0.25, 0.3) is 0 Å². The molecule has 1 aliphatic rings. The van der Waals surface area contributed by atoms with Crippen molar-refractivity contribution in [3.63, 3.8) is 0 Å². The van der Waals surface area contributed by atoms with Gasteiger partial charge in [-0.3, -0.25) is 4.89 Å². The third-order valence-corrected chi connectivity index (χ3v) is 3.04. The lowest BCUT2D eigenvalue weighted by atomic mass is 9.82. The highest BCUT2D eigenvalue weighted by atomic mass is 17.3. The van der Waals surface area contributed by atoms with Gasteiger partial charge >= 0.3 is 5.97 Å². The first kappa shape index (κ1) is 13.2. The SMILES string of the molecule is C=CC(=O)OON1C(C)(C)CCCC1(C)C. The lowest BCUT2D eigenvalue weighted by molar-refractivity contribution is -0.448. The molecule has 16 heavy (non-hydrogen) atoms. The van der Waals surface area contributed by atoms with E-state index in [0.29, 0.717) is 0 Å². The number of hydroxylamine groups is 2. The van der Waals surface area contributed by atoms with Gasteiger partial charge in [-0.05, 0) is 47.0 Å². The summed E-state index contributed by atoms with van der Waals surface area (Å²) in [6, 6.07) is 0. The first-order chi connectivity index (χ1) is 7.29. The fraction of sp³-hybridized carbons (Fsp3) is 0.750. The Morgan fingerprint density at radius 2 is 1.75 bits per heavy atom. The molecule has 1 fully saturated rings. The van der Waals surface area contributed by atoms with E-state index in [9.17, 15) is 4.79 Å². The van der Waals surface area contributed by atoms with E-state index in [1.54, 1.807) is 5.06 Å².